The Bertz CT molecular complexity index is 4260. The van der Waals surface area contributed by atoms with Crippen molar-refractivity contribution in [2.24, 2.45) is 5.41 Å². The van der Waals surface area contributed by atoms with Gasteiger partial charge >= 0.3 is 0 Å². The fraction of sp³-hybridized carbons (Fsp3) is 0.400. The zero-order valence-corrected chi connectivity index (χ0v) is 56.4. The second-order valence-electron chi connectivity index (χ2n) is 25.5. The van der Waals surface area contributed by atoms with E-state index in [1.807, 2.05) is 24.3 Å². The highest BCUT2D eigenvalue weighted by atomic mass is 35.5. The number of H-pyrrole nitrogens is 1. The topological polar surface area (TPSA) is 317 Å². The molecule has 28 heteroatoms. The molecule has 0 bridgehead atoms. The highest BCUT2D eigenvalue weighted by Crippen LogP contribution is 2.44. The number of hydrogen-bond donors (Lipinski definition) is 5. The number of aryl methyl sites for hydroxylation is 2. The molecule has 516 valence electrons. The molecule has 98 heavy (non-hydrogen) atoms. The van der Waals surface area contributed by atoms with E-state index in [0.29, 0.717) is 130 Å². The summed E-state index contributed by atoms with van der Waals surface area (Å²) in [7, 11) is -4.67. The highest BCUT2D eigenvalue weighted by molar-refractivity contribution is 7.90. The number of sulfonamides is 1. The summed E-state index contributed by atoms with van der Waals surface area (Å²) in [5, 5.41) is 30.5. The molecule has 6 heterocycles. The van der Waals surface area contributed by atoms with E-state index in [-0.39, 0.29) is 54.4 Å². The van der Waals surface area contributed by atoms with E-state index in [9.17, 15) is 42.5 Å². The van der Waals surface area contributed by atoms with E-state index in [4.69, 9.17) is 30.5 Å². The molecule has 1 unspecified atom stereocenters. The third-order valence-electron chi connectivity index (χ3n) is 17.8. The Hall–Kier alpha value is -9.38. The monoisotopic (exact) mass is 1380 g/mol. The largest absolute Gasteiger partial charge is 0.455 e. The lowest BCUT2D eigenvalue weighted by Crippen LogP contribution is -2.51. The van der Waals surface area contributed by atoms with Crippen molar-refractivity contribution in [3.63, 3.8) is 0 Å². The van der Waals surface area contributed by atoms with Crippen molar-refractivity contribution in [2.75, 3.05) is 89.1 Å². The van der Waals surface area contributed by atoms with Gasteiger partial charge in [0.25, 0.3) is 33.4 Å². The Morgan fingerprint density at radius 1 is 0.878 bits per heavy atom. The van der Waals surface area contributed by atoms with Crippen LogP contribution in [0.15, 0.2) is 132 Å². The first kappa shape index (κ1) is 70.0. The van der Waals surface area contributed by atoms with Crippen LogP contribution in [0.3, 0.4) is 0 Å². The minimum atomic E-state index is -4.67. The number of carbonyl (C=O) groups excluding carboxylic acids is 5. The van der Waals surface area contributed by atoms with E-state index in [1.54, 1.807) is 47.4 Å². The van der Waals surface area contributed by atoms with Crippen molar-refractivity contribution < 1.29 is 56.3 Å². The van der Waals surface area contributed by atoms with Crippen LogP contribution in [0.1, 0.15) is 120 Å². The smallest absolute Gasteiger partial charge is 0.293 e. The van der Waals surface area contributed by atoms with Crippen LogP contribution in [-0.2, 0) is 53.4 Å². The van der Waals surface area contributed by atoms with E-state index in [1.165, 1.54) is 41.1 Å². The number of nitro benzene ring substituents is 1. The first-order chi connectivity index (χ1) is 47.2. The molecule has 3 aromatic heterocycles. The van der Waals surface area contributed by atoms with Gasteiger partial charge in [0, 0.05) is 106 Å². The number of ether oxygens (including phenoxy) is 4. The molecule has 4 aliphatic rings. The second-order valence-corrected chi connectivity index (χ2v) is 27.6. The number of benzene rings is 4. The highest BCUT2D eigenvalue weighted by Gasteiger charge is 2.45. The van der Waals surface area contributed by atoms with Crippen LogP contribution in [0.5, 0.6) is 11.5 Å². The average molecular weight is 1380 g/mol. The summed E-state index contributed by atoms with van der Waals surface area (Å²) in [6, 6.07) is 24.3. The molecular formula is C70H80ClN13O13S. The van der Waals surface area contributed by atoms with Gasteiger partial charge in [0.2, 0.25) is 11.8 Å². The number of anilines is 2. The number of nitrogens with zero attached hydrogens (tertiary/aromatic N) is 8. The van der Waals surface area contributed by atoms with Gasteiger partial charge in [0.1, 0.15) is 34.6 Å². The molecule has 5 N–H and O–H groups in total. The third-order valence-corrected chi connectivity index (χ3v) is 19.4. The number of aromatic amines is 1. The maximum absolute atomic E-state index is 14.1. The summed E-state index contributed by atoms with van der Waals surface area (Å²) in [6.45, 7) is 15.1. The van der Waals surface area contributed by atoms with Gasteiger partial charge in [-0.2, -0.15) is 0 Å². The van der Waals surface area contributed by atoms with Gasteiger partial charge < -0.3 is 44.8 Å². The summed E-state index contributed by atoms with van der Waals surface area (Å²) < 4.78 is 54.9. The Kier molecular flexibility index (Phi) is 22.8. The van der Waals surface area contributed by atoms with E-state index >= 15 is 0 Å². The number of allylic oxidation sites excluding steroid dienone is 2. The fourth-order valence-electron chi connectivity index (χ4n) is 12.6. The van der Waals surface area contributed by atoms with Crippen molar-refractivity contribution in [3.05, 3.63) is 176 Å². The van der Waals surface area contributed by atoms with Crippen molar-refractivity contribution >= 4 is 84.8 Å². The lowest BCUT2D eigenvalue weighted by atomic mass is 9.72. The fourth-order valence-corrected chi connectivity index (χ4v) is 13.7. The van der Waals surface area contributed by atoms with Gasteiger partial charge in [0.15, 0.2) is 0 Å². The van der Waals surface area contributed by atoms with Crippen LogP contribution in [0.4, 0.5) is 17.1 Å². The van der Waals surface area contributed by atoms with Crippen LogP contribution in [0, 0.1) is 15.5 Å². The zero-order valence-electron chi connectivity index (χ0n) is 54.8. The number of pyridine rings is 1. The van der Waals surface area contributed by atoms with Crippen molar-refractivity contribution in [1.29, 1.82) is 0 Å². The Morgan fingerprint density at radius 3 is 2.45 bits per heavy atom. The molecule has 1 aliphatic carbocycles. The minimum Gasteiger partial charge on any atom is -0.455 e. The summed E-state index contributed by atoms with van der Waals surface area (Å²) in [5.74, 6) is -2.13. The first-order valence-corrected chi connectivity index (χ1v) is 34.8. The number of rotatable bonds is 32. The van der Waals surface area contributed by atoms with Gasteiger partial charge in [-0.3, -0.25) is 48.6 Å². The number of imide groups is 1. The molecule has 4 aromatic carbocycles. The summed E-state index contributed by atoms with van der Waals surface area (Å²) >= 11 is 6.27. The molecule has 2 fully saturated rings. The average Bonchev–Trinajstić information content (AvgIpc) is 1.58. The Balaban J connectivity index is 0.579. The molecular weight excluding hydrogens is 1300 g/mol. The molecule has 3 aliphatic heterocycles. The first-order valence-electron chi connectivity index (χ1n) is 32.9. The summed E-state index contributed by atoms with van der Waals surface area (Å²) in [4.78, 5) is 90.3. The summed E-state index contributed by atoms with van der Waals surface area (Å²) in [6.07, 6.45) is 11.1. The predicted molar refractivity (Wildman–Crippen MR) is 367 cm³/mol. The number of halogens is 1. The van der Waals surface area contributed by atoms with Crippen LogP contribution >= 0.6 is 11.6 Å². The van der Waals surface area contributed by atoms with E-state index in [0.717, 1.165) is 66.5 Å². The van der Waals surface area contributed by atoms with Crippen molar-refractivity contribution in [1.82, 2.24) is 50.1 Å². The number of nitro groups is 1. The summed E-state index contributed by atoms with van der Waals surface area (Å²) in [5.41, 5.74) is 7.63. The van der Waals surface area contributed by atoms with Gasteiger partial charge in [-0.05, 0) is 134 Å². The van der Waals surface area contributed by atoms with Crippen LogP contribution in [0.2, 0.25) is 5.02 Å². The number of aromatic nitrogens is 5. The van der Waals surface area contributed by atoms with Crippen LogP contribution in [-0.4, -0.2) is 163 Å². The van der Waals surface area contributed by atoms with Crippen LogP contribution < -0.4 is 30.3 Å². The maximum Gasteiger partial charge on any atom is 0.293 e. The second kappa shape index (κ2) is 31.9. The molecule has 0 saturated carbocycles. The maximum atomic E-state index is 14.1. The minimum absolute atomic E-state index is 0.0470. The van der Waals surface area contributed by atoms with E-state index in [2.05, 4.69) is 83.3 Å². The van der Waals surface area contributed by atoms with Gasteiger partial charge in [-0.15, -0.1) is 5.10 Å². The van der Waals surface area contributed by atoms with Gasteiger partial charge in [-0.25, -0.2) is 18.1 Å². The number of piperazine rings is 1. The molecule has 26 nitrogen and oxygen atoms in total. The molecule has 2 saturated heterocycles. The third kappa shape index (κ3) is 17.7. The Labute approximate surface area is 572 Å². The van der Waals surface area contributed by atoms with Gasteiger partial charge in [0.05, 0.1) is 71.9 Å². The zero-order chi connectivity index (χ0) is 68.9. The quantitative estimate of drug-likeness (QED) is 0.0113. The lowest BCUT2D eigenvalue weighted by Gasteiger charge is -2.39. The molecule has 0 radical (unpaired) electrons. The number of nitrogens with one attached hydrogen (secondary N) is 5. The number of hydrogen-bond acceptors (Lipinski definition) is 19. The van der Waals surface area contributed by atoms with Crippen molar-refractivity contribution in [2.45, 2.75) is 102 Å². The molecule has 0 spiro atoms. The standard InChI is InChI=1S/C70H80ClN13O13S/c1-46-12-21-60(67(87)76-46)83-68(88)57-10-4-8-48(64(57)69(83)89)9-6-33-94-34-35-95-36-37-96-45-52-44-82(79-77-52)28-5-11-63(85)73-26-7-25-72-59-20-18-55(40-61(59)84(90)91)98(92,93)78-66(86)56-19-17-53(39-62(56)97-54-38-49-23-27-74-65(49)75-42-54)81-31-29-80(30-32-81)43-50-22-24-70(2,3)41-58(50)47-13-15-51(71)16-14-47/h4,8,10,13-20,23,27,38-40,42,44,60,72H,1,5-7,9,11-12,21-22,24-26,28-37,41,43,45H2,2-3H3,(H,73,85)(H,74,75)(H,76,87)(H,78,86). The molecule has 5 amide bonds. The lowest BCUT2D eigenvalue weighted by molar-refractivity contribution is -0.384. The molecule has 11 rings (SSSR count). The van der Waals surface area contributed by atoms with E-state index < -0.39 is 55.2 Å². The predicted octanol–water partition coefficient (Wildman–Crippen LogP) is 9.38. The SMILES string of the molecule is C=C1CCC(N2C(=O)c3cccc(CCCOCCOCCOCc4cn(CCCC(=O)NCCCNc5ccc(S(=O)(=O)NC(=O)c6ccc(N7CCN(CC8=C(c9ccc(Cl)cc9)CC(C)(C)CC8)CC7)cc6Oc6cnc7[nH]ccc7c6)cc5[N+](=O)[O-])nn4)c3C2=O)C(=O)N1. The number of fused-ring (bicyclic) bond motifs is 2. The van der Waals surface area contributed by atoms with Gasteiger partial charge in [-0.1, -0.05) is 67.1 Å². The number of piperidine rings is 1. The van der Waals surface area contributed by atoms with Crippen LogP contribution in [0.25, 0.3) is 16.6 Å². The number of amides is 5. The normalized spacial score (nSPS) is 16.5. The molecule has 1 atom stereocenters. The van der Waals surface area contributed by atoms with Crippen molar-refractivity contribution in [3.8, 4) is 11.5 Å². The Morgan fingerprint density at radius 2 is 1.66 bits per heavy atom. The molecule has 7 aromatic rings. The number of carbonyl (C=O) groups is 5.